The third-order valence-corrected chi connectivity index (χ3v) is 3.40. The van der Waals surface area contributed by atoms with E-state index in [0.29, 0.717) is 11.5 Å². The van der Waals surface area contributed by atoms with Gasteiger partial charge in [-0.1, -0.05) is 31.2 Å². The Labute approximate surface area is 122 Å². The lowest BCUT2D eigenvalue weighted by molar-refractivity contribution is 0.892. The Morgan fingerprint density at radius 2 is 1.90 bits per heavy atom. The summed E-state index contributed by atoms with van der Waals surface area (Å²) in [6, 6.07) is 14.7. The number of nitrogens with two attached hydrogens (primary N) is 1. The average molecular weight is 280 g/mol. The third kappa shape index (κ3) is 2.33. The van der Waals surface area contributed by atoms with Crippen molar-refractivity contribution in [3.8, 4) is 17.1 Å². The zero-order valence-corrected chi connectivity index (χ0v) is 11.7. The molecule has 0 fully saturated rings. The van der Waals surface area contributed by atoms with Gasteiger partial charge in [0.25, 0.3) is 0 Å². The highest BCUT2D eigenvalue weighted by atomic mass is 16.1. The number of aromatic amines is 1. The predicted octanol–water partition coefficient (Wildman–Crippen LogP) is 2.37. The Morgan fingerprint density at radius 1 is 1.14 bits per heavy atom. The summed E-state index contributed by atoms with van der Waals surface area (Å²) in [6.45, 7) is 2.02. The number of rotatable bonds is 3. The number of benzene rings is 1. The lowest BCUT2D eigenvalue weighted by atomic mass is 10.1. The van der Waals surface area contributed by atoms with E-state index in [1.807, 2.05) is 43.3 Å². The van der Waals surface area contributed by atoms with E-state index in [1.165, 1.54) is 6.07 Å². The third-order valence-electron chi connectivity index (χ3n) is 3.40. The second-order valence-electron chi connectivity index (χ2n) is 4.74. The van der Waals surface area contributed by atoms with Gasteiger partial charge in [0.05, 0.1) is 11.4 Å². The largest absolute Gasteiger partial charge is 0.383 e. The normalized spacial score (nSPS) is 10.7. The molecular formula is C16H16N4O. The molecule has 2 heterocycles. The van der Waals surface area contributed by atoms with Crippen LogP contribution in [0.25, 0.3) is 17.1 Å². The van der Waals surface area contributed by atoms with Crippen molar-refractivity contribution < 1.29 is 0 Å². The smallest absolute Gasteiger partial charge is 0.248 e. The molecule has 0 aliphatic carbocycles. The van der Waals surface area contributed by atoms with Crippen LogP contribution in [-0.4, -0.2) is 14.8 Å². The zero-order valence-electron chi connectivity index (χ0n) is 11.7. The maximum Gasteiger partial charge on any atom is 0.248 e. The van der Waals surface area contributed by atoms with Crippen molar-refractivity contribution in [2.75, 3.05) is 5.73 Å². The summed E-state index contributed by atoms with van der Waals surface area (Å²) in [7, 11) is 0. The second kappa shape index (κ2) is 5.28. The number of nitrogens with one attached hydrogen (secondary N) is 1. The van der Waals surface area contributed by atoms with Gasteiger partial charge in [0.15, 0.2) is 0 Å². The first-order chi connectivity index (χ1) is 10.2. The molecule has 106 valence electrons. The Kier molecular flexibility index (Phi) is 3.31. The molecule has 0 spiro atoms. The summed E-state index contributed by atoms with van der Waals surface area (Å²) < 4.78 is 1.71. The molecule has 0 radical (unpaired) electrons. The van der Waals surface area contributed by atoms with Gasteiger partial charge in [-0.05, 0) is 24.6 Å². The molecular weight excluding hydrogens is 264 g/mol. The number of para-hydroxylation sites is 1. The molecule has 3 rings (SSSR count). The van der Waals surface area contributed by atoms with Gasteiger partial charge in [0, 0.05) is 11.6 Å². The molecule has 3 aromatic rings. The maximum absolute atomic E-state index is 11.5. The highest BCUT2D eigenvalue weighted by Crippen LogP contribution is 2.27. The van der Waals surface area contributed by atoms with E-state index in [4.69, 9.17) is 5.73 Å². The van der Waals surface area contributed by atoms with Crippen molar-refractivity contribution in [3.05, 3.63) is 64.4 Å². The quantitative estimate of drug-likeness (QED) is 0.773. The molecule has 0 saturated carbocycles. The Bertz CT molecular complexity index is 818. The first-order valence-electron chi connectivity index (χ1n) is 6.83. The van der Waals surface area contributed by atoms with Crippen LogP contribution in [0.4, 0.5) is 5.82 Å². The van der Waals surface area contributed by atoms with Crippen LogP contribution in [0.3, 0.4) is 0 Å². The van der Waals surface area contributed by atoms with E-state index in [1.54, 1.807) is 10.7 Å². The molecule has 0 aliphatic rings. The molecule has 0 aliphatic heterocycles. The molecule has 0 unspecified atom stereocenters. The van der Waals surface area contributed by atoms with Crippen molar-refractivity contribution >= 4 is 5.82 Å². The van der Waals surface area contributed by atoms with Crippen molar-refractivity contribution in [1.82, 2.24) is 14.8 Å². The Balaban J connectivity index is 2.21. The Morgan fingerprint density at radius 3 is 2.57 bits per heavy atom. The maximum atomic E-state index is 11.5. The fraction of sp³-hybridized carbons (Fsp3) is 0.125. The SMILES string of the molecule is CCc1c(-c2cccc(=O)[nH]2)nn(-c2ccccc2)c1N. The molecule has 0 atom stereocenters. The van der Waals surface area contributed by atoms with Gasteiger partial charge in [-0.2, -0.15) is 5.10 Å². The first kappa shape index (κ1) is 13.2. The number of anilines is 1. The monoisotopic (exact) mass is 280 g/mol. The van der Waals surface area contributed by atoms with Crippen LogP contribution in [0, 0.1) is 0 Å². The van der Waals surface area contributed by atoms with E-state index in [2.05, 4.69) is 10.1 Å². The standard InChI is InChI=1S/C16H16N4O/c1-2-12-15(13-9-6-10-14(21)18-13)19-20(16(12)17)11-7-4-3-5-8-11/h3-10H,2,17H2,1H3,(H,18,21). The molecule has 21 heavy (non-hydrogen) atoms. The molecule has 2 aromatic heterocycles. The minimum Gasteiger partial charge on any atom is -0.383 e. The van der Waals surface area contributed by atoms with E-state index in [0.717, 1.165) is 23.4 Å². The lowest BCUT2D eigenvalue weighted by Crippen LogP contribution is -2.04. The van der Waals surface area contributed by atoms with Gasteiger partial charge in [0.2, 0.25) is 5.56 Å². The minimum absolute atomic E-state index is 0.151. The van der Waals surface area contributed by atoms with E-state index >= 15 is 0 Å². The van der Waals surface area contributed by atoms with Crippen molar-refractivity contribution in [2.24, 2.45) is 0 Å². The summed E-state index contributed by atoms with van der Waals surface area (Å²) in [6.07, 6.45) is 0.741. The van der Waals surface area contributed by atoms with Crippen LogP contribution >= 0.6 is 0 Å². The molecule has 5 heteroatoms. The lowest BCUT2D eigenvalue weighted by Gasteiger charge is -2.03. The van der Waals surface area contributed by atoms with Crippen LogP contribution in [0.5, 0.6) is 0 Å². The minimum atomic E-state index is -0.151. The van der Waals surface area contributed by atoms with Gasteiger partial charge in [0.1, 0.15) is 11.5 Å². The molecule has 0 bridgehead atoms. The zero-order chi connectivity index (χ0) is 14.8. The number of hydrogen-bond donors (Lipinski definition) is 2. The summed E-state index contributed by atoms with van der Waals surface area (Å²) in [5.41, 5.74) is 9.31. The fourth-order valence-corrected chi connectivity index (χ4v) is 2.38. The number of aromatic nitrogens is 3. The topological polar surface area (TPSA) is 76.7 Å². The van der Waals surface area contributed by atoms with E-state index in [9.17, 15) is 4.79 Å². The molecule has 1 aromatic carbocycles. The Hall–Kier alpha value is -2.82. The fourth-order valence-electron chi connectivity index (χ4n) is 2.38. The number of pyridine rings is 1. The average Bonchev–Trinajstić information content (AvgIpc) is 2.85. The van der Waals surface area contributed by atoms with Gasteiger partial charge >= 0.3 is 0 Å². The van der Waals surface area contributed by atoms with Gasteiger partial charge in [-0.15, -0.1) is 0 Å². The van der Waals surface area contributed by atoms with Crippen LogP contribution in [0.1, 0.15) is 12.5 Å². The number of H-pyrrole nitrogens is 1. The van der Waals surface area contributed by atoms with Crippen LogP contribution in [-0.2, 0) is 6.42 Å². The van der Waals surface area contributed by atoms with Gasteiger partial charge in [-0.3, -0.25) is 4.79 Å². The van der Waals surface area contributed by atoms with Crippen molar-refractivity contribution in [1.29, 1.82) is 0 Å². The second-order valence-corrected chi connectivity index (χ2v) is 4.74. The first-order valence-corrected chi connectivity index (χ1v) is 6.83. The van der Waals surface area contributed by atoms with E-state index < -0.39 is 0 Å². The number of nitrogen functional groups attached to an aromatic ring is 1. The van der Waals surface area contributed by atoms with Crippen LogP contribution in [0.15, 0.2) is 53.3 Å². The summed E-state index contributed by atoms with van der Waals surface area (Å²) >= 11 is 0. The van der Waals surface area contributed by atoms with Crippen molar-refractivity contribution in [3.63, 3.8) is 0 Å². The summed E-state index contributed by atoms with van der Waals surface area (Å²) in [5, 5.41) is 4.58. The van der Waals surface area contributed by atoms with Crippen LogP contribution in [0.2, 0.25) is 0 Å². The molecule has 0 amide bonds. The predicted molar refractivity (Wildman–Crippen MR) is 83.4 cm³/mol. The summed E-state index contributed by atoms with van der Waals surface area (Å²) in [4.78, 5) is 14.3. The number of nitrogens with zero attached hydrogens (tertiary/aromatic N) is 2. The molecule has 5 nitrogen and oxygen atoms in total. The van der Waals surface area contributed by atoms with Crippen molar-refractivity contribution in [2.45, 2.75) is 13.3 Å². The van der Waals surface area contributed by atoms with Gasteiger partial charge in [-0.25, -0.2) is 4.68 Å². The molecule has 3 N–H and O–H groups in total. The molecule has 0 saturated heterocycles. The van der Waals surface area contributed by atoms with Gasteiger partial charge < -0.3 is 10.7 Å². The highest BCUT2D eigenvalue weighted by Gasteiger charge is 2.17. The van der Waals surface area contributed by atoms with E-state index in [-0.39, 0.29) is 5.56 Å². The van der Waals surface area contributed by atoms with Crippen LogP contribution < -0.4 is 11.3 Å². The number of hydrogen-bond acceptors (Lipinski definition) is 3. The highest BCUT2D eigenvalue weighted by molar-refractivity contribution is 5.67. The summed E-state index contributed by atoms with van der Waals surface area (Å²) in [5.74, 6) is 0.600.